The van der Waals surface area contributed by atoms with Crippen molar-refractivity contribution in [3.05, 3.63) is 12.3 Å². The SMILES string of the molecule is COCCNc1nccc(N2CCC(C(=O)O)CC2)n1. The lowest BCUT2D eigenvalue weighted by molar-refractivity contribution is -0.142. The first-order chi connectivity index (χ1) is 9.70. The van der Waals surface area contributed by atoms with Crippen molar-refractivity contribution in [3.8, 4) is 0 Å². The van der Waals surface area contributed by atoms with Crippen molar-refractivity contribution >= 4 is 17.7 Å². The van der Waals surface area contributed by atoms with Gasteiger partial charge in [-0.3, -0.25) is 4.79 Å². The molecule has 1 fully saturated rings. The van der Waals surface area contributed by atoms with Gasteiger partial charge in [0, 0.05) is 32.9 Å². The second kappa shape index (κ2) is 7.04. The van der Waals surface area contributed by atoms with E-state index in [4.69, 9.17) is 9.84 Å². The van der Waals surface area contributed by atoms with Crippen LogP contribution in [0.5, 0.6) is 0 Å². The zero-order valence-electron chi connectivity index (χ0n) is 11.6. The van der Waals surface area contributed by atoms with Crippen molar-refractivity contribution in [1.82, 2.24) is 9.97 Å². The number of aliphatic carboxylic acids is 1. The van der Waals surface area contributed by atoms with Gasteiger partial charge >= 0.3 is 5.97 Å². The summed E-state index contributed by atoms with van der Waals surface area (Å²) < 4.78 is 4.96. The number of hydrogen-bond acceptors (Lipinski definition) is 6. The highest BCUT2D eigenvalue weighted by molar-refractivity contribution is 5.70. The van der Waals surface area contributed by atoms with Crippen molar-refractivity contribution in [3.63, 3.8) is 0 Å². The van der Waals surface area contributed by atoms with Crippen molar-refractivity contribution in [1.29, 1.82) is 0 Å². The molecular weight excluding hydrogens is 260 g/mol. The largest absolute Gasteiger partial charge is 0.481 e. The molecule has 2 heterocycles. The predicted molar refractivity (Wildman–Crippen MR) is 75.0 cm³/mol. The maximum Gasteiger partial charge on any atom is 0.306 e. The van der Waals surface area contributed by atoms with Crippen molar-refractivity contribution in [2.75, 3.05) is 43.6 Å². The quantitative estimate of drug-likeness (QED) is 0.746. The fourth-order valence-electron chi connectivity index (χ4n) is 2.23. The average Bonchev–Trinajstić information content (AvgIpc) is 2.48. The highest BCUT2D eigenvalue weighted by Gasteiger charge is 2.25. The number of ether oxygens (including phenoxy) is 1. The summed E-state index contributed by atoms with van der Waals surface area (Å²) in [5, 5.41) is 12.1. The Morgan fingerprint density at radius 3 is 2.95 bits per heavy atom. The third-order valence-electron chi connectivity index (χ3n) is 3.40. The van der Waals surface area contributed by atoms with Crippen molar-refractivity contribution < 1.29 is 14.6 Å². The lowest BCUT2D eigenvalue weighted by Crippen LogP contribution is -2.36. The molecule has 0 radical (unpaired) electrons. The van der Waals surface area contributed by atoms with Gasteiger partial charge in [-0.2, -0.15) is 4.98 Å². The number of hydrogen-bond donors (Lipinski definition) is 2. The number of rotatable bonds is 6. The Labute approximate surface area is 118 Å². The van der Waals surface area contributed by atoms with Gasteiger partial charge in [0.2, 0.25) is 5.95 Å². The van der Waals surface area contributed by atoms with E-state index in [-0.39, 0.29) is 5.92 Å². The molecule has 1 aliphatic heterocycles. The first kappa shape index (κ1) is 14.5. The molecule has 110 valence electrons. The first-order valence-corrected chi connectivity index (χ1v) is 6.74. The van der Waals surface area contributed by atoms with Crippen molar-refractivity contribution in [2.24, 2.45) is 5.92 Å². The summed E-state index contributed by atoms with van der Waals surface area (Å²) in [5.41, 5.74) is 0. The highest BCUT2D eigenvalue weighted by atomic mass is 16.5. The van der Waals surface area contributed by atoms with Crippen LogP contribution in [-0.2, 0) is 9.53 Å². The standard InChI is InChI=1S/C13H20N4O3/c1-20-9-6-15-13-14-5-2-11(16-13)17-7-3-10(4-8-17)12(18)19/h2,5,10H,3-4,6-9H2,1H3,(H,18,19)(H,14,15,16). The van der Waals surface area contributed by atoms with Gasteiger partial charge in [0.15, 0.2) is 0 Å². The van der Waals surface area contributed by atoms with E-state index in [2.05, 4.69) is 20.2 Å². The smallest absolute Gasteiger partial charge is 0.306 e. The molecule has 0 aromatic carbocycles. The van der Waals surface area contributed by atoms with Crippen LogP contribution in [0, 0.1) is 5.92 Å². The van der Waals surface area contributed by atoms with E-state index >= 15 is 0 Å². The highest BCUT2D eigenvalue weighted by Crippen LogP contribution is 2.22. The molecule has 0 amide bonds. The summed E-state index contributed by atoms with van der Waals surface area (Å²) >= 11 is 0. The average molecular weight is 280 g/mol. The molecule has 0 spiro atoms. The zero-order valence-corrected chi connectivity index (χ0v) is 11.6. The molecule has 2 rings (SSSR count). The minimum Gasteiger partial charge on any atom is -0.481 e. The van der Waals surface area contributed by atoms with Crippen LogP contribution in [0.15, 0.2) is 12.3 Å². The van der Waals surface area contributed by atoms with Crippen LogP contribution >= 0.6 is 0 Å². The Hall–Kier alpha value is -1.89. The molecular formula is C13H20N4O3. The number of piperidine rings is 1. The first-order valence-electron chi connectivity index (χ1n) is 6.74. The molecule has 1 aliphatic rings. The Morgan fingerprint density at radius 1 is 1.55 bits per heavy atom. The van der Waals surface area contributed by atoms with E-state index in [9.17, 15) is 4.79 Å². The Balaban J connectivity index is 1.92. The Morgan fingerprint density at radius 2 is 2.30 bits per heavy atom. The Bertz CT molecular complexity index is 447. The van der Waals surface area contributed by atoms with E-state index in [0.717, 1.165) is 5.82 Å². The molecule has 0 aliphatic carbocycles. The summed E-state index contributed by atoms with van der Waals surface area (Å²) in [6, 6.07) is 1.85. The van der Waals surface area contributed by atoms with Gasteiger partial charge in [-0.1, -0.05) is 0 Å². The number of nitrogens with zero attached hydrogens (tertiary/aromatic N) is 3. The number of carboxylic acids is 1. The van der Waals surface area contributed by atoms with E-state index in [1.165, 1.54) is 0 Å². The Kier molecular flexibility index (Phi) is 5.11. The normalized spacial score (nSPS) is 16.1. The third kappa shape index (κ3) is 3.80. The van der Waals surface area contributed by atoms with Gasteiger partial charge in [0.25, 0.3) is 0 Å². The van der Waals surface area contributed by atoms with Gasteiger partial charge in [-0.25, -0.2) is 4.98 Å². The van der Waals surface area contributed by atoms with Crippen LogP contribution in [0.1, 0.15) is 12.8 Å². The fourth-order valence-corrected chi connectivity index (χ4v) is 2.23. The van der Waals surface area contributed by atoms with E-state index in [1.54, 1.807) is 13.3 Å². The summed E-state index contributed by atoms with van der Waals surface area (Å²) in [5.74, 6) is 0.477. The molecule has 0 saturated carbocycles. The molecule has 0 atom stereocenters. The monoisotopic (exact) mass is 280 g/mol. The summed E-state index contributed by atoms with van der Waals surface area (Å²) in [6.45, 7) is 2.68. The second-order valence-corrected chi connectivity index (χ2v) is 4.76. The van der Waals surface area contributed by atoms with Crippen LogP contribution in [0.4, 0.5) is 11.8 Å². The molecule has 7 heteroatoms. The van der Waals surface area contributed by atoms with Crippen LogP contribution in [0.3, 0.4) is 0 Å². The minimum absolute atomic E-state index is 0.229. The number of anilines is 2. The molecule has 1 aromatic heterocycles. The van der Waals surface area contributed by atoms with Gasteiger partial charge in [-0.05, 0) is 18.9 Å². The van der Waals surface area contributed by atoms with Gasteiger partial charge < -0.3 is 20.1 Å². The summed E-state index contributed by atoms with van der Waals surface area (Å²) in [7, 11) is 1.64. The number of aromatic nitrogens is 2. The van der Waals surface area contributed by atoms with Crippen LogP contribution < -0.4 is 10.2 Å². The lowest BCUT2D eigenvalue weighted by Gasteiger charge is -2.31. The van der Waals surface area contributed by atoms with Gasteiger partial charge in [-0.15, -0.1) is 0 Å². The van der Waals surface area contributed by atoms with Crippen molar-refractivity contribution in [2.45, 2.75) is 12.8 Å². The zero-order chi connectivity index (χ0) is 14.4. The van der Waals surface area contributed by atoms with E-state index in [1.807, 2.05) is 6.07 Å². The van der Waals surface area contributed by atoms with Crippen LogP contribution in [0.2, 0.25) is 0 Å². The summed E-state index contributed by atoms with van der Waals surface area (Å²) in [4.78, 5) is 21.6. The molecule has 0 unspecified atom stereocenters. The number of methoxy groups -OCH3 is 1. The maximum atomic E-state index is 10.9. The van der Waals surface area contributed by atoms with Crippen LogP contribution in [-0.4, -0.2) is 54.4 Å². The maximum absolute atomic E-state index is 10.9. The molecule has 1 aromatic rings. The molecule has 20 heavy (non-hydrogen) atoms. The second-order valence-electron chi connectivity index (χ2n) is 4.76. The molecule has 7 nitrogen and oxygen atoms in total. The molecule has 2 N–H and O–H groups in total. The number of carbonyl (C=O) groups is 1. The van der Waals surface area contributed by atoms with E-state index in [0.29, 0.717) is 45.0 Å². The molecule has 0 bridgehead atoms. The topological polar surface area (TPSA) is 87.6 Å². The third-order valence-corrected chi connectivity index (χ3v) is 3.40. The van der Waals surface area contributed by atoms with Crippen LogP contribution in [0.25, 0.3) is 0 Å². The van der Waals surface area contributed by atoms with E-state index < -0.39 is 5.97 Å². The predicted octanol–water partition coefficient (Wildman–Crippen LogP) is 0.836. The number of carboxylic acid groups (broad SMARTS) is 1. The lowest BCUT2D eigenvalue weighted by atomic mass is 9.97. The fraction of sp³-hybridized carbons (Fsp3) is 0.615. The summed E-state index contributed by atoms with van der Waals surface area (Å²) in [6.07, 6.45) is 3.03. The van der Waals surface area contributed by atoms with Gasteiger partial charge in [0.1, 0.15) is 5.82 Å². The molecule has 1 saturated heterocycles. The van der Waals surface area contributed by atoms with Gasteiger partial charge in [0.05, 0.1) is 12.5 Å². The minimum atomic E-state index is -0.700. The number of nitrogens with one attached hydrogen (secondary N) is 1.